The highest BCUT2D eigenvalue weighted by Crippen LogP contribution is 2.34. The summed E-state index contributed by atoms with van der Waals surface area (Å²) in [6.45, 7) is 1.44. The Kier molecular flexibility index (Phi) is 5.05. The zero-order valence-electron chi connectivity index (χ0n) is 17.8. The number of anilines is 2. The summed E-state index contributed by atoms with van der Waals surface area (Å²) in [7, 11) is 0. The molecule has 0 spiro atoms. The molecule has 1 aliphatic rings. The van der Waals surface area contributed by atoms with Gasteiger partial charge in [-0.05, 0) is 61.4 Å². The van der Waals surface area contributed by atoms with Gasteiger partial charge in [0.25, 0.3) is 0 Å². The summed E-state index contributed by atoms with van der Waals surface area (Å²) < 4.78 is 1.77. The molecule has 5 rings (SSSR count). The van der Waals surface area contributed by atoms with E-state index in [1.165, 1.54) is 6.92 Å². The molecule has 8 heteroatoms. The van der Waals surface area contributed by atoms with Crippen LogP contribution >= 0.6 is 0 Å². The summed E-state index contributed by atoms with van der Waals surface area (Å²) in [5.41, 5.74) is 3.58. The zero-order valence-corrected chi connectivity index (χ0v) is 17.8. The fourth-order valence-corrected chi connectivity index (χ4v) is 4.77. The minimum Gasteiger partial charge on any atom is -0.361 e. The maximum atomic E-state index is 12.8. The molecule has 32 heavy (non-hydrogen) atoms. The number of aromatic amines is 2. The van der Waals surface area contributed by atoms with Crippen molar-refractivity contribution in [1.29, 1.82) is 0 Å². The molecule has 2 aromatic carbocycles. The molecular formula is C24H25N5O3. The first kappa shape index (κ1) is 20.1. The Balaban J connectivity index is 1.29. The number of nitrogens with one attached hydrogen (secondary N) is 4. The van der Waals surface area contributed by atoms with Gasteiger partial charge in [0.15, 0.2) is 0 Å². The number of aromatic nitrogens is 3. The average molecular weight is 431 g/mol. The maximum absolute atomic E-state index is 12.8. The second-order valence-corrected chi connectivity index (χ2v) is 8.46. The van der Waals surface area contributed by atoms with Crippen LogP contribution in [0.1, 0.15) is 38.6 Å². The zero-order chi connectivity index (χ0) is 22.2. The van der Waals surface area contributed by atoms with Crippen molar-refractivity contribution in [3.05, 3.63) is 59.1 Å². The molecule has 2 aromatic heterocycles. The van der Waals surface area contributed by atoms with Crippen molar-refractivity contribution < 1.29 is 9.59 Å². The van der Waals surface area contributed by atoms with Crippen LogP contribution in [-0.4, -0.2) is 26.3 Å². The van der Waals surface area contributed by atoms with Crippen molar-refractivity contribution in [1.82, 2.24) is 14.5 Å². The number of amides is 2. The number of imidazole rings is 1. The number of carbonyl (C=O) groups is 2. The summed E-state index contributed by atoms with van der Waals surface area (Å²) in [5, 5.41) is 6.91. The Morgan fingerprint density at radius 2 is 1.84 bits per heavy atom. The van der Waals surface area contributed by atoms with Gasteiger partial charge in [0.2, 0.25) is 11.8 Å². The van der Waals surface area contributed by atoms with Gasteiger partial charge in [-0.2, -0.15) is 0 Å². The third kappa shape index (κ3) is 3.68. The third-order valence-corrected chi connectivity index (χ3v) is 6.32. The molecule has 1 fully saturated rings. The van der Waals surface area contributed by atoms with Crippen LogP contribution < -0.4 is 16.3 Å². The topological polar surface area (TPSA) is 112 Å². The number of hydrogen-bond acceptors (Lipinski definition) is 3. The number of hydrogen-bond donors (Lipinski definition) is 4. The van der Waals surface area contributed by atoms with Crippen molar-refractivity contribution in [2.75, 3.05) is 10.6 Å². The van der Waals surface area contributed by atoms with Crippen molar-refractivity contribution in [3.8, 4) is 0 Å². The van der Waals surface area contributed by atoms with Gasteiger partial charge in [0.05, 0.1) is 16.7 Å². The molecule has 0 atom stereocenters. The van der Waals surface area contributed by atoms with E-state index in [0.29, 0.717) is 24.0 Å². The number of benzene rings is 2. The molecular weight excluding hydrogens is 406 g/mol. The van der Waals surface area contributed by atoms with Crippen LogP contribution in [0.3, 0.4) is 0 Å². The molecule has 164 valence electrons. The largest absolute Gasteiger partial charge is 0.361 e. The van der Waals surface area contributed by atoms with Gasteiger partial charge in [-0.15, -0.1) is 0 Å². The van der Waals surface area contributed by atoms with Crippen LogP contribution in [-0.2, 0) is 9.59 Å². The fraction of sp³-hybridized carbons (Fsp3) is 0.292. The first-order chi connectivity index (χ1) is 15.5. The number of rotatable bonds is 4. The van der Waals surface area contributed by atoms with Crippen molar-refractivity contribution in [2.45, 2.75) is 38.6 Å². The van der Waals surface area contributed by atoms with Gasteiger partial charge in [0, 0.05) is 36.3 Å². The summed E-state index contributed by atoms with van der Waals surface area (Å²) in [6.07, 6.45) is 4.79. The Morgan fingerprint density at radius 1 is 1.03 bits per heavy atom. The molecule has 8 nitrogen and oxygen atoms in total. The average Bonchev–Trinajstić information content (AvgIpc) is 3.37. The van der Waals surface area contributed by atoms with Crippen LogP contribution in [0.5, 0.6) is 0 Å². The van der Waals surface area contributed by atoms with E-state index < -0.39 is 0 Å². The molecule has 0 unspecified atom stereocenters. The van der Waals surface area contributed by atoms with E-state index >= 15 is 0 Å². The second-order valence-electron chi connectivity index (χ2n) is 8.46. The Hall–Kier alpha value is -3.81. The highest BCUT2D eigenvalue weighted by atomic mass is 16.2. The number of nitrogens with zero attached hydrogens (tertiary/aromatic N) is 1. The lowest BCUT2D eigenvalue weighted by atomic mass is 9.85. The van der Waals surface area contributed by atoms with Gasteiger partial charge >= 0.3 is 5.69 Å². The molecule has 2 amide bonds. The van der Waals surface area contributed by atoms with Crippen molar-refractivity contribution >= 4 is 45.1 Å². The minimum atomic E-state index is -0.190. The lowest BCUT2D eigenvalue weighted by Crippen LogP contribution is -2.31. The van der Waals surface area contributed by atoms with Gasteiger partial charge < -0.3 is 20.6 Å². The van der Waals surface area contributed by atoms with E-state index in [1.807, 2.05) is 42.6 Å². The predicted octanol–water partition coefficient (Wildman–Crippen LogP) is 4.14. The number of fused-ring (bicyclic) bond motifs is 2. The number of H-pyrrole nitrogens is 2. The molecule has 2 heterocycles. The predicted molar refractivity (Wildman–Crippen MR) is 125 cm³/mol. The Morgan fingerprint density at radius 3 is 2.62 bits per heavy atom. The first-order valence-corrected chi connectivity index (χ1v) is 10.9. The number of para-hydroxylation sites is 1. The molecule has 0 bridgehead atoms. The van der Waals surface area contributed by atoms with Crippen LogP contribution in [0.15, 0.2) is 53.5 Å². The van der Waals surface area contributed by atoms with Gasteiger partial charge in [-0.1, -0.05) is 12.1 Å². The lowest BCUT2D eigenvalue weighted by molar-refractivity contribution is -0.121. The lowest BCUT2D eigenvalue weighted by Gasteiger charge is -2.28. The van der Waals surface area contributed by atoms with Crippen molar-refractivity contribution in [2.24, 2.45) is 5.92 Å². The van der Waals surface area contributed by atoms with Gasteiger partial charge in [0.1, 0.15) is 0 Å². The Bertz CT molecular complexity index is 1370. The van der Waals surface area contributed by atoms with E-state index in [0.717, 1.165) is 34.9 Å². The van der Waals surface area contributed by atoms with E-state index in [-0.39, 0.29) is 29.5 Å². The normalized spacial score (nSPS) is 18.7. The highest BCUT2D eigenvalue weighted by Gasteiger charge is 2.29. The molecule has 0 aliphatic heterocycles. The van der Waals surface area contributed by atoms with Crippen LogP contribution in [0.25, 0.3) is 21.9 Å². The van der Waals surface area contributed by atoms with Gasteiger partial charge in [-0.25, -0.2) is 4.79 Å². The quantitative estimate of drug-likeness (QED) is 0.390. The maximum Gasteiger partial charge on any atom is 0.326 e. The molecule has 1 aliphatic carbocycles. The second kappa shape index (κ2) is 8.03. The number of carbonyl (C=O) groups excluding carboxylic acids is 2. The smallest absolute Gasteiger partial charge is 0.326 e. The SMILES string of the molecule is CC(=O)Nc1cccc2c1[nH]c(=O)n2C1CCC(C(=O)Nc2ccc3cc[nH]c3c2)CC1. The third-order valence-electron chi connectivity index (χ3n) is 6.32. The van der Waals surface area contributed by atoms with Gasteiger partial charge in [-0.3, -0.25) is 14.2 Å². The first-order valence-electron chi connectivity index (χ1n) is 10.9. The molecule has 0 saturated heterocycles. The van der Waals surface area contributed by atoms with E-state index in [4.69, 9.17) is 0 Å². The molecule has 0 radical (unpaired) electrons. The van der Waals surface area contributed by atoms with Crippen molar-refractivity contribution in [3.63, 3.8) is 0 Å². The Labute approximate surface area is 184 Å². The monoisotopic (exact) mass is 431 g/mol. The fourth-order valence-electron chi connectivity index (χ4n) is 4.77. The standard InChI is InChI=1S/C24H25N5O3/c1-14(30)26-19-3-2-4-21-22(19)28-24(32)29(21)18-9-6-16(7-10-18)23(31)27-17-8-5-15-11-12-25-20(15)13-17/h2-5,8,11-13,16,18,25H,6-7,9-10H2,1H3,(H,26,30)(H,27,31)(H,28,32). The van der Waals surface area contributed by atoms with Crippen LogP contribution in [0, 0.1) is 5.92 Å². The summed E-state index contributed by atoms with van der Waals surface area (Å²) in [4.78, 5) is 43.1. The van der Waals surface area contributed by atoms with Crippen LogP contribution in [0.4, 0.5) is 11.4 Å². The van der Waals surface area contributed by atoms with Crippen LogP contribution in [0.2, 0.25) is 0 Å². The van der Waals surface area contributed by atoms with E-state index in [1.54, 1.807) is 10.6 Å². The minimum absolute atomic E-state index is 0.0168. The van der Waals surface area contributed by atoms with E-state index in [2.05, 4.69) is 20.6 Å². The summed E-state index contributed by atoms with van der Waals surface area (Å²) in [6, 6.07) is 13.3. The summed E-state index contributed by atoms with van der Waals surface area (Å²) >= 11 is 0. The highest BCUT2D eigenvalue weighted by molar-refractivity contribution is 5.98. The summed E-state index contributed by atoms with van der Waals surface area (Å²) in [5.74, 6) is -0.247. The molecule has 1 saturated carbocycles. The molecule has 4 N–H and O–H groups in total. The molecule has 4 aromatic rings. The van der Waals surface area contributed by atoms with E-state index in [9.17, 15) is 14.4 Å².